The van der Waals surface area contributed by atoms with Crippen molar-refractivity contribution >= 4 is 11.8 Å². The summed E-state index contributed by atoms with van der Waals surface area (Å²) >= 11 is 0. The standard InChI is InChI=1S/C10H9NO3/c12-5-7-3-1-2-6-4-8(13)11-10(14)9(6)7/h1-3,12H,4-5H2,(H,11,13,14). The molecule has 2 N–H and O–H groups in total. The van der Waals surface area contributed by atoms with Gasteiger partial charge in [-0.25, -0.2) is 0 Å². The average molecular weight is 191 g/mol. The molecule has 1 aromatic carbocycles. The molecule has 72 valence electrons. The second-order valence-corrected chi connectivity index (χ2v) is 3.16. The Balaban J connectivity index is 2.58. The van der Waals surface area contributed by atoms with Gasteiger partial charge in [-0.2, -0.15) is 0 Å². The van der Waals surface area contributed by atoms with Crippen molar-refractivity contribution in [1.29, 1.82) is 0 Å². The highest BCUT2D eigenvalue weighted by Crippen LogP contribution is 2.18. The average Bonchev–Trinajstić information content (AvgIpc) is 2.16. The number of imide groups is 1. The normalized spacial score (nSPS) is 14.9. The maximum atomic E-state index is 11.4. The van der Waals surface area contributed by atoms with Crippen molar-refractivity contribution in [2.75, 3.05) is 0 Å². The molecule has 0 radical (unpaired) electrons. The topological polar surface area (TPSA) is 66.4 Å². The Bertz CT molecular complexity index is 412. The van der Waals surface area contributed by atoms with E-state index in [-0.39, 0.29) is 18.9 Å². The summed E-state index contributed by atoms with van der Waals surface area (Å²) in [6, 6.07) is 5.13. The zero-order valence-corrected chi connectivity index (χ0v) is 7.41. The molecule has 1 aliphatic heterocycles. The van der Waals surface area contributed by atoms with Crippen LogP contribution in [-0.2, 0) is 17.8 Å². The third kappa shape index (κ3) is 1.29. The third-order valence-electron chi connectivity index (χ3n) is 2.24. The van der Waals surface area contributed by atoms with Crippen LogP contribution in [-0.4, -0.2) is 16.9 Å². The number of rotatable bonds is 1. The summed E-state index contributed by atoms with van der Waals surface area (Å²) in [6.45, 7) is -0.190. The molecule has 0 fully saturated rings. The van der Waals surface area contributed by atoms with Crippen LogP contribution in [0.1, 0.15) is 21.5 Å². The lowest BCUT2D eigenvalue weighted by molar-refractivity contribution is -0.119. The second kappa shape index (κ2) is 3.23. The van der Waals surface area contributed by atoms with E-state index >= 15 is 0 Å². The van der Waals surface area contributed by atoms with Gasteiger partial charge < -0.3 is 5.11 Å². The molecule has 1 aromatic rings. The predicted octanol–water partition coefficient (Wildman–Crippen LogP) is -0.00860. The molecule has 0 saturated carbocycles. The zero-order valence-electron chi connectivity index (χ0n) is 7.41. The highest BCUT2D eigenvalue weighted by Gasteiger charge is 2.24. The molecule has 1 heterocycles. The maximum absolute atomic E-state index is 11.4. The van der Waals surface area contributed by atoms with Crippen molar-refractivity contribution in [3.8, 4) is 0 Å². The van der Waals surface area contributed by atoms with Gasteiger partial charge in [-0.3, -0.25) is 14.9 Å². The van der Waals surface area contributed by atoms with E-state index < -0.39 is 5.91 Å². The summed E-state index contributed by atoms with van der Waals surface area (Å²) in [6.07, 6.45) is 0.203. The highest BCUT2D eigenvalue weighted by atomic mass is 16.3. The molecule has 0 unspecified atom stereocenters. The van der Waals surface area contributed by atoms with Crippen LogP contribution in [0.5, 0.6) is 0 Å². The van der Waals surface area contributed by atoms with Crippen molar-refractivity contribution in [1.82, 2.24) is 5.32 Å². The van der Waals surface area contributed by atoms with Gasteiger partial charge in [0.2, 0.25) is 5.91 Å². The molecule has 0 bridgehead atoms. The van der Waals surface area contributed by atoms with Gasteiger partial charge in [0.1, 0.15) is 0 Å². The van der Waals surface area contributed by atoms with Gasteiger partial charge in [0, 0.05) is 5.56 Å². The minimum Gasteiger partial charge on any atom is -0.392 e. The Kier molecular flexibility index (Phi) is 2.05. The SMILES string of the molecule is O=C1Cc2cccc(CO)c2C(=O)N1. The van der Waals surface area contributed by atoms with E-state index in [0.29, 0.717) is 16.7 Å². The van der Waals surface area contributed by atoms with Gasteiger partial charge in [0.05, 0.1) is 13.0 Å². The number of hydrogen-bond donors (Lipinski definition) is 2. The lowest BCUT2D eigenvalue weighted by atomic mass is 9.95. The van der Waals surface area contributed by atoms with Gasteiger partial charge in [-0.15, -0.1) is 0 Å². The number of aliphatic hydroxyl groups is 1. The first-order chi connectivity index (χ1) is 6.72. The molecular weight excluding hydrogens is 182 g/mol. The first kappa shape index (κ1) is 8.90. The Morgan fingerprint density at radius 1 is 1.36 bits per heavy atom. The molecule has 2 rings (SSSR count). The summed E-state index contributed by atoms with van der Waals surface area (Å²) in [5.74, 6) is -0.710. The summed E-state index contributed by atoms with van der Waals surface area (Å²) in [7, 11) is 0. The number of carbonyl (C=O) groups excluding carboxylic acids is 2. The second-order valence-electron chi connectivity index (χ2n) is 3.16. The third-order valence-corrected chi connectivity index (χ3v) is 2.24. The van der Waals surface area contributed by atoms with Gasteiger partial charge >= 0.3 is 0 Å². The highest BCUT2D eigenvalue weighted by molar-refractivity contribution is 6.10. The van der Waals surface area contributed by atoms with Crippen molar-refractivity contribution in [2.24, 2.45) is 0 Å². The minimum atomic E-state index is -0.416. The van der Waals surface area contributed by atoms with E-state index in [0.717, 1.165) is 0 Å². The molecule has 4 nitrogen and oxygen atoms in total. The smallest absolute Gasteiger partial charge is 0.258 e. The van der Waals surface area contributed by atoms with Crippen LogP contribution in [0.25, 0.3) is 0 Å². The number of carbonyl (C=O) groups is 2. The van der Waals surface area contributed by atoms with E-state index in [1.54, 1.807) is 18.2 Å². The molecule has 0 atom stereocenters. The number of nitrogens with one attached hydrogen (secondary N) is 1. The zero-order chi connectivity index (χ0) is 10.1. The fraction of sp³-hybridized carbons (Fsp3) is 0.200. The summed E-state index contributed by atoms with van der Waals surface area (Å²) in [4.78, 5) is 22.5. The fourth-order valence-electron chi connectivity index (χ4n) is 1.63. The number of amides is 2. The van der Waals surface area contributed by atoms with Crippen molar-refractivity contribution < 1.29 is 14.7 Å². The van der Waals surface area contributed by atoms with Crippen LogP contribution in [0.15, 0.2) is 18.2 Å². The van der Waals surface area contributed by atoms with E-state index in [1.807, 2.05) is 0 Å². The molecule has 2 amide bonds. The molecule has 1 aliphatic rings. The largest absolute Gasteiger partial charge is 0.392 e. The number of aliphatic hydroxyl groups excluding tert-OH is 1. The number of fused-ring (bicyclic) bond motifs is 1. The Morgan fingerprint density at radius 2 is 2.14 bits per heavy atom. The Hall–Kier alpha value is -1.68. The van der Waals surface area contributed by atoms with Gasteiger partial charge in [0.15, 0.2) is 0 Å². The quantitative estimate of drug-likeness (QED) is 0.613. The van der Waals surface area contributed by atoms with E-state index in [9.17, 15) is 9.59 Å². The monoisotopic (exact) mass is 191 g/mol. The molecule has 0 aromatic heterocycles. The van der Waals surface area contributed by atoms with Crippen molar-refractivity contribution in [3.05, 3.63) is 34.9 Å². The van der Waals surface area contributed by atoms with Crippen LogP contribution >= 0.6 is 0 Å². The molecule has 0 aliphatic carbocycles. The summed E-state index contributed by atoms with van der Waals surface area (Å²) in [5.41, 5.74) is 1.69. The Labute approximate surface area is 80.6 Å². The van der Waals surface area contributed by atoms with Gasteiger partial charge in [-0.1, -0.05) is 18.2 Å². The fourth-order valence-corrected chi connectivity index (χ4v) is 1.63. The van der Waals surface area contributed by atoms with Crippen LogP contribution in [0, 0.1) is 0 Å². The van der Waals surface area contributed by atoms with Crippen LogP contribution in [0.4, 0.5) is 0 Å². The van der Waals surface area contributed by atoms with E-state index in [2.05, 4.69) is 5.32 Å². The molecule has 0 saturated heterocycles. The molecular formula is C10H9NO3. The number of hydrogen-bond acceptors (Lipinski definition) is 3. The summed E-state index contributed by atoms with van der Waals surface area (Å²) < 4.78 is 0. The minimum absolute atomic E-state index is 0.190. The van der Waals surface area contributed by atoms with Crippen molar-refractivity contribution in [3.63, 3.8) is 0 Å². The van der Waals surface area contributed by atoms with E-state index in [1.165, 1.54) is 0 Å². The van der Waals surface area contributed by atoms with Crippen LogP contribution < -0.4 is 5.32 Å². The predicted molar refractivity (Wildman–Crippen MR) is 48.5 cm³/mol. The van der Waals surface area contributed by atoms with Gasteiger partial charge in [0.25, 0.3) is 5.91 Å². The van der Waals surface area contributed by atoms with E-state index in [4.69, 9.17) is 5.11 Å². The van der Waals surface area contributed by atoms with Crippen LogP contribution in [0.2, 0.25) is 0 Å². The number of benzene rings is 1. The van der Waals surface area contributed by atoms with Crippen LogP contribution in [0.3, 0.4) is 0 Å². The molecule has 14 heavy (non-hydrogen) atoms. The summed E-state index contributed by atoms with van der Waals surface area (Å²) in [5, 5.41) is 11.2. The van der Waals surface area contributed by atoms with Crippen molar-refractivity contribution in [2.45, 2.75) is 13.0 Å². The molecule has 0 spiro atoms. The van der Waals surface area contributed by atoms with Gasteiger partial charge in [-0.05, 0) is 11.1 Å². The maximum Gasteiger partial charge on any atom is 0.258 e. The molecule has 4 heteroatoms. The first-order valence-corrected chi connectivity index (χ1v) is 4.28. The lowest BCUT2D eigenvalue weighted by Gasteiger charge is -2.17. The Morgan fingerprint density at radius 3 is 2.86 bits per heavy atom. The first-order valence-electron chi connectivity index (χ1n) is 4.28. The lowest BCUT2D eigenvalue weighted by Crippen LogP contribution is -2.37.